The van der Waals surface area contributed by atoms with Crippen LogP contribution in [-0.4, -0.2) is 27.3 Å². The maximum atomic E-state index is 11.8. The smallest absolute Gasteiger partial charge is 0.236 e. The maximum absolute atomic E-state index is 11.8. The zero-order valence-corrected chi connectivity index (χ0v) is 11.0. The van der Waals surface area contributed by atoms with Crippen molar-refractivity contribution in [1.29, 1.82) is 0 Å². The van der Waals surface area contributed by atoms with Gasteiger partial charge in [0, 0.05) is 12.2 Å². The minimum atomic E-state index is -3.42. The fourth-order valence-corrected chi connectivity index (χ4v) is 2.24. The van der Waals surface area contributed by atoms with Crippen LogP contribution in [0.3, 0.4) is 0 Å². The maximum Gasteiger partial charge on any atom is 0.236 e. The van der Waals surface area contributed by atoms with Gasteiger partial charge in [0.1, 0.15) is 5.75 Å². The molecule has 0 saturated heterocycles. The van der Waals surface area contributed by atoms with Gasteiger partial charge in [0.05, 0.1) is 12.4 Å². The van der Waals surface area contributed by atoms with Gasteiger partial charge in [-0.2, -0.15) is 0 Å². The molecule has 6 heteroatoms. The number of nitrogens with two attached hydrogens (primary N) is 1. The highest BCUT2D eigenvalue weighted by Crippen LogP contribution is 2.22. The van der Waals surface area contributed by atoms with Crippen LogP contribution < -0.4 is 15.2 Å². The fourth-order valence-electron chi connectivity index (χ4n) is 1.33. The molecule has 0 radical (unpaired) electrons. The van der Waals surface area contributed by atoms with Gasteiger partial charge in [0.15, 0.2) is 0 Å². The first-order chi connectivity index (χ1) is 7.90. The summed E-state index contributed by atoms with van der Waals surface area (Å²) >= 11 is 0. The Labute approximate surface area is 102 Å². The number of methoxy groups -OCH3 is 1. The molecular formula is C11H18N2O3S. The van der Waals surface area contributed by atoms with Crippen molar-refractivity contribution < 1.29 is 13.2 Å². The van der Waals surface area contributed by atoms with Crippen molar-refractivity contribution in [2.24, 2.45) is 5.73 Å². The molecule has 1 atom stereocenters. The van der Waals surface area contributed by atoms with Gasteiger partial charge in [-0.05, 0) is 37.6 Å². The quantitative estimate of drug-likeness (QED) is 0.828. The van der Waals surface area contributed by atoms with Gasteiger partial charge >= 0.3 is 0 Å². The molecule has 1 aromatic rings. The second-order valence-electron chi connectivity index (χ2n) is 3.88. The highest BCUT2D eigenvalue weighted by atomic mass is 32.2. The number of ether oxygens (including phenoxy) is 1. The summed E-state index contributed by atoms with van der Waals surface area (Å²) < 4.78 is 31.1. The van der Waals surface area contributed by atoms with Gasteiger partial charge in [0.2, 0.25) is 10.0 Å². The Morgan fingerprint density at radius 1 is 1.47 bits per heavy atom. The van der Waals surface area contributed by atoms with E-state index >= 15 is 0 Å². The largest absolute Gasteiger partial charge is 0.496 e. The van der Waals surface area contributed by atoms with Gasteiger partial charge < -0.3 is 10.5 Å². The molecule has 0 heterocycles. The molecule has 0 bridgehead atoms. The van der Waals surface area contributed by atoms with E-state index in [9.17, 15) is 8.42 Å². The number of nitrogens with one attached hydrogen (secondary N) is 1. The Balaban J connectivity index is 2.93. The first-order valence-corrected chi connectivity index (χ1v) is 6.81. The van der Waals surface area contributed by atoms with Crippen LogP contribution in [0.2, 0.25) is 0 Å². The SMILES string of the molecule is COc1ccc(NS(=O)(=O)C(C)CN)cc1C. The van der Waals surface area contributed by atoms with E-state index in [0.29, 0.717) is 5.69 Å². The molecule has 1 unspecified atom stereocenters. The van der Waals surface area contributed by atoms with Crippen molar-refractivity contribution in [3.8, 4) is 5.75 Å². The van der Waals surface area contributed by atoms with Crippen LogP contribution >= 0.6 is 0 Å². The van der Waals surface area contributed by atoms with Crippen molar-refractivity contribution in [1.82, 2.24) is 0 Å². The van der Waals surface area contributed by atoms with Crippen molar-refractivity contribution in [3.63, 3.8) is 0 Å². The van der Waals surface area contributed by atoms with Gasteiger partial charge in [-0.25, -0.2) is 8.42 Å². The molecule has 96 valence electrons. The van der Waals surface area contributed by atoms with Gasteiger partial charge in [-0.1, -0.05) is 0 Å². The van der Waals surface area contributed by atoms with Crippen LogP contribution in [-0.2, 0) is 10.0 Å². The molecular weight excluding hydrogens is 240 g/mol. The van der Waals surface area contributed by atoms with E-state index in [4.69, 9.17) is 10.5 Å². The summed E-state index contributed by atoms with van der Waals surface area (Å²) in [7, 11) is -1.84. The lowest BCUT2D eigenvalue weighted by molar-refractivity contribution is 0.412. The van der Waals surface area contributed by atoms with Crippen LogP contribution in [0, 0.1) is 6.92 Å². The Morgan fingerprint density at radius 3 is 2.59 bits per heavy atom. The first kappa shape index (κ1) is 13.8. The molecule has 5 nitrogen and oxygen atoms in total. The minimum absolute atomic E-state index is 0.0878. The van der Waals surface area contributed by atoms with E-state index in [1.165, 1.54) is 0 Å². The van der Waals surface area contributed by atoms with Crippen LogP contribution in [0.1, 0.15) is 12.5 Å². The molecule has 3 N–H and O–H groups in total. The Hall–Kier alpha value is -1.27. The molecule has 0 fully saturated rings. The van der Waals surface area contributed by atoms with Crippen LogP contribution in [0.5, 0.6) is 5.75 Å². The lowest BCUT2D eigenvalue weighted by Gasteiger charge is -2.14. The predicted octanol–water partition coefficient (Wildman–Crippen LogP) is 1.09. The normalized spacial score (nSPS) is 13.2. The molecule has 0 aliphatic carbocycles. The number of rotatable bonds is 5. The summed E-state index contributed by atoms with van der Waals surface area (Å²) in [5, 5.41) is -0.620. The number of hydrogen-bond donors (Lipinski definition) is 2. The van der Waals surface area contributed by atoms with Crippen molar-refractivity contribution in [3.05, 3.63) is 23.8 Å². The topological polar surface area (TPSA) is 81.4 Å². The fraction of sp³-hybridized carbons (Fsp3) is 0.455. The lowest BCUT2D eigenvalue weighted by atomic mass is 10.2. The van der Waals surface area contributed by atoms with Gasteiger partial charge in [-0.3, -0.25) is 4.72 Å². The minimum Gasteiger partial charge on any atom is -0.496 e. The second kappa shape index (κ2) is 5.37. The number of hydrogen-bond acceptors (Lipinski definition) is 4. The van der Waals surface area contributed by atoms with E-state index in [-0.39, 0.29) is 6.54 Å². The monoisotopic (exact) mass is 258 g/mol. The molecule has 1 rings (SSSR count). The van der Waals surface area contributed by atoms with Gasteiger partial charge in [0.25, 0.3) is 0 Å². The van der Waals surface area contributed by atoms with Gasteiger partial charge in [-0.15, -0.1) is 0 Å². The Bertz CT molecular complexity index is 485. The Morgan fingerprint density at radius 2 is 2.12 bits per heavy atom. The first-order valence-electron chi connectivity index (χ1n) is 5.27. The summed E-state index contributed by atoms with van der Waals surface area (Å²) in [6.45, 7) is 3.51. The highest BCUT2D eigenvalue weighted by molar-refractivity contribution is 7.93. The van der Waals surface area contributed by atoms with E-state index in [0.717, 1.165) is 11.3 Å². The zero-order chi connectivity index (χ0) is 13.1. The summed E-state index contributed by atoms with van der Waals surface area (Å²) in [4.78, 5) is 0. The third kappa shape index (κ3) is 3.34. The number of anilines is 1. The summed E-state index contributed by atoms with van der Waals surface area (Å²) in [6, 6.07) is 5.10. The average Bonchev–Trinajstić information content (AvgIpc) is 2.27. The number of sulfonamides is 1. The van der Waals surface area contributed by atoms with E-state index in [1.54, 1.807) is 32.2 Å². The third-order valence-corrected chi connectivity index (χ3v) is 4.29. The molecule has 0 aliphatic rings. The summed E-state index contributed by atoms with van der Waals surface area (Å²) in [5.74, 6) is 0.722. The van der Waals surface area contributed by atoms with Crippen molar-refractivity contribution >= 4 is 15.7 Å². The zero-order valence-electron chi connectivity index (χ0n) is 10.2. The number of aryl methyl sites for hydroxylation is 1. The molecule has 0 amide bonds. The average molecular weight is 258 g/mol. The standard InChI is InChI=1S/C11H18N2O3S/c1-8-6-10(4-5-11(8)16-3)13-17(14,15)9(2)7-12/h4-6,9,13H,7,12H2,1-3H3. The molecule has 0 aliphatic heterocycles. The molecule has 1 aromatic carbocycles. The van der Waals surface area contributed by atoms with Crippen LogP contribution in [0.25, 0.3) is 0 Å². The van der Waals surface area contributed by atoms with Crippen molar-refractivity contribution in [2.45, 2.75) is 19.1 Å². The molecule has 0 spiro atoms. The van der Waals surface area contributed by atoms with E-state index in [2.05, 4.69) is 4.72 Å². The lowest BCUT2D eigenvalue weighted by Crippen LogP contribution is -2.31. The van der Waals surface area contributed by atoms with Crippen LogP contribution in [0.4, 0.5) is 5.69 Å². The Kier molecular flexibility index (Phi) is 4.36. The van der Waals surface area contributed by atoms with E-state index < -0.39 is 15.3 Å². The third-order valence-electron chi connectivity index (χ3n) is 2.52. The summed E-state index contributed by atoms with van der Waals surface area (Å²) in [6.07, 6.45) is 0. The molecule has 0 aromatic heterocycles. The molecule has 0 saturated carbocycles. The second-order valence-corrected chi connectivity index (χ2v) is 5.98. The number of benzene rings is 1. The predicted molar refractivity (Wildman–Crippen MR) is 68.8 cm³/mol. The van der Waals surface area contributed by atoms with Crippen molar-refractivity contribution in [2.75, 3.05) is 18.4 Å². The summed E-state index contributed by atoms with van der Waals surface area (Å²) in [5.41, 5.74) is 6.73. The van der Waals surface area contributed by atoms with E-state index in [1.807, 2.05) is 6.92 Å². The van der Waals surface area contributed by atoms with Crippen LogP contribution in [0.15, 0.2) is 18.2 Å². The molecule has 17 heavy (non-hydrogen) atoms. The highest BCUT2D eigenvalue weighted by Gasteiger charge is 2.19.